The Hall–Kier alpha value is -3.61. The van der Waals surface area contributed by atoms with Gasteiger partial charge in [-0.3, -0.25) is 9.78 Å². The Bertz CT molecular complexity index is 820. The standard InChI is InChI=1S/C21H23N3O4/c1-3-28-20(25)17(18-11-7-8-13-22-18)12-14-23-19(21(26)27-2)15-24-16-9-5-4-6-10-16/h4-15,17,23-24H,3H2,1-2H3/b14-12-,19-15+. The molecule has 0 amide bonds. The molecular formula is C21H23N3O4. The number of esters is 2. The lowest BCUT2D eigenvalue weighted by molar-refractivity contribution is -0.143. The van der Waals surface area contributed by atoms with Crippen LogP contribution in [-0.4, -0.2) is 30.6 Å². The van der Waals surface area contributed by atoms with E-state index in [0.29, 0.717) is 5.69 Å². The molecule has 0 aliphatic rings. The van der Waals surface area contributed by atoms with E-state index in [1.165, 1.54) is 19.5 Å². The molecule has 0 aliphatic heterocycles. The normalized spacial score (nSPS) is 12.3. The summed E-state index contributed by atoms with van der Waals surface area (Å²) in [5, 5.41) is 5.86. The van der Waals surface area contributed by atoms with Crippen LogP contribution in [0.15, 0.2) is 78.9 Å². The van der Waals surface area contributed by atoms with Gasteiger partial charge >= 0.3 is 11.9 Å². The molecule has 0 fully saturated rings. The van der Waals surface area contributed by atoms with Crippen LogP contribution in [0.4, 0.5) is 5.69 Å². The average molecular weight is 381 g/mol. The van der Waals surface area contributed by atoms with Crippen molar-refractivity contribution in [2.24, 2.45) is 0 Å². The van der Waals surface area contributed by atoms with E-state index in [2.05, 4.69) is 15.6 Å². The van der Waals surface area contributed by atoms with Crippen LogP contribution in [0.5, 0.6) is 0 Å². The summed E-state index contributed by atoms with van der Waals surface area (Å²) in [4.78, 5) is 28.5. The molecule has 2 rings (SSSR count). The van der Waals surface area contributed by atoms with Gasteiger partial charge in [-0.05, 0) is 43.5 Å². The molecule has 2 N–H and O–H groups in total. The molecule has 146 valence electrons. The quantitative estimate of drug-likeness (QED) is 0.510. The van der Waals surface area contributed by atoms with E-state index in [1.54, 1.807) is 37.4 Å². The molecule has 0 radical (unpaired) electrons. The number of hydrogen-bond acceptors (Lipinski definition) is 7. The van der Waals surface area contributed by atoms with E-state index < -0.39 is 17.9 Å². The number of anilines is 1. The summed E-state index contributed by atoms with van der Waals surface area (Å²) in [5.74, 6) is -1.68. The molecule has 7 heteroatoms. The van der Waals surface area contributed by atoms with Crippen molar-refractivity contribution in [2.45, 2.75) is 12.8 Å². The van der Waals surface area contributed by atoms with Gasteiger partial charge in [-0.15, -0.1) is 0 Å². The molecule has 0 aliphatic carbocycles. The first-order valence-electron chi connectivity index (χ1n) is 8.76. The number of methoxy groups -OCH3 is 1. The van der Waals surface area contributed by atoms with Crippen LogP contribution in [0.1, 0.15) is 18.5 Å². The number of benzene rings is 1. The Balaban J connectivity index is 2.14. The van der Waals surface area contributed by atoms with Crippen LogP contribution in [0.3, 0.4) is 0 Å². The predicted molar refractivity (Wildman–Crippen MR) is 106 cm³/mol. The van der Waals surface area contributed by atoms with Gasteiger partial charge < -0.3 is 20.1 Å². The zero-order valence-corrected chi connectivity index (χ0v) is 15.8. The fraction of sp³-hybridized carbons (Fsp3) is 0.190. The number of rotatable bonds is 9. The van der Waals surface area contributed by atoms with Gasteiger partial charge in [0.05, 0.1) is 19.4 Å². The van der Waals surface area contributed by atoms with Gasteiger partial charge in [-0.1, -0.05) is 24.3 Å². The van der Waals surface area contributed by atoms with Gasteiger partial charge in [-0.25, -0.2) is 4.79 Å². The molecule has 0 bridgehead atoms. The maximum Gasteiger partial charge on any atom is 0.355 e. The van der Waals surface area contributed by atoms with Crippen LogP contribution in [-0.2, 0) is 19.1 Å². The highest BCUT2D eigenvalue weighted by molar-refractivity contribution is 5.88. The van der Waals surface area contributed by atoms with Crippen LogP contribution in [0, 0.1) is 0 Å². The van der Waals surface area contributed by atoms with E-state index >= 15 is 0 Å². The van der Waals surface area contributed by atoms with Crippen molar-refractivity contribution in [3.63, 3.8) is 0 Å². The van der Waals surface area contributed by atoms with Crippen LogP contribution >= 0.6 is 0 Å². The maximum absolute atomic E-state index is 12.3. The number of pyridine rings is 1. The van der Waals surface area contributed by atoms with Crippen LogP contribution in [0.25, 0.3) is 0 Å². The lowest BCUT2D eigenvalue weighted by atomic mass is 10.1. The molecule has 1 aromatic carbocycles. The summed E-state index contributed by atoms with van der Waals surface area (Å²) in [7, 11) is 1.29. The summed E-state index contributed by atoms with van der Waals surface area (Å²) in [6.07, 6.45) is 6.17. The van der Waals surface area contributed by atoms with Crippen molar-refractivity contribution < 1.29 is 19.1 Å². The van der Waals surface area contributed by atoms with Gasteiger partial charge in [0.25, 0.3) is 0 Å². The van der Waals surface area contributed by atoms with Gasteiger partial charge in [0, 0.05) is 18.1 Å². The van der Waals surface area contributed by atoms with Gasteiger partial charge in [0.15, 0.2) is 0 Å². The Kier molecular flexibility index (Phi) is 8.26. The smallest absolute Gasteiger partial charge is 0.355 e. The lowest BCUT2D eigenvalue weighted by Crippen LogP contribution is -2.20. The second-order valence-corrected chi connectivity index (χ2v) is 5.55. The fourth-order valence-electron chi connectivity index (χ4n) is 2.28. The summed E-state index contributed by atoms with van der Waals surface area (Å²) >= 11 is 0. The molecule has 1 heterocycles. The Morgan fingerprint density at radius 3 is 2.54 bits per heavy atom. The second-order valence-electron chi connectivity index (χ2n) is 5.55. The lowest BCUT2D eigenvalue weighted by Gasteiger charge is -2.12. The van der Waals surface area contributed by atoms with E-state index in [-0.39, 0.29) is 12.3 Å². The van der Waals surface area contributed by atoms with Gasteiger partial charge in [0.2, 0.25) is 0 Å². The topological polar surface area (TPSA) is 89.6 Å². The van der Waals surface area contributed by atoms with Crippen molar-refractivity contribution in [1.29, 1.82) is 0 Å². The molecule has 28 heavy (non-hydrogen) atoms. The Morgan fingerprint density at radius 1 is 1.14 bits per heavy atom. The third-order valence-electron chi connectivity index (χ3n) is 3.64. The molecule has 2 aromatic rings. The van der Waals surface area contributed by atoms with E-state index in [0.717, 1.165) is 5.69 Å². The molecule has 0 saturated carbocycles. The molecular weight excluding hydrogens is 358 g/mol. The number of carbonyl (C=O) groups is 2. The van der Waals surface area contributed by atoms with Crippen molar-refractivity contribution in [3.8, 4) is 0 Å². The minimum absolute atomic E-state index is 0.172. The van der Waals surface area contributed by atoms with E-state index in [1.807, 2.05) is 30.3 Å². The first-order chi connectivity index (χ1) is 13.7. The summed E-state index contributed by atoms with van der Waals surface area (Å²) in [6, 6.07) is 14.7. The number of ether oxygens (including phenoxy) is 2. The zero-order valence-electron chi connectivity index (χ0n) is 15.8. The molecule has 1 unspecified atom stereocenters. The Labute approximate surface area is 164 Å². The predicted octanol–water partition coefficient (Wildman–Crippen LogP) is 2.96. The first kappa shape index (κ1) is 20.7. The van der Waals surface area contributed by atoms with Crippen molar-refractivity contribution in [3.05, 3.63) is 84.6 Å². The van der Waals surface area contributed by atoms with Crippen molar-refractivity contribution in [1.82, 2.24) is 10.3 Å². The largest absolute Gasteiger partial charge is 0.465 e. The minimum atomic E-state index is -0.699. The summed E-state index contributed by atoms with van der Waals surface area (Å²) < 4.78 is 9.89. The zero-order chi connectivity index (χ0) is 20.2. The SMILES string of the molecule is CCOC(=O)C(/C=C\N/C(=C/Nc1ccccc1)C(=O)OC)c1ccccn1. The highest BCUT2D eigenvalue weighted by Gasteiger charge is 2.20. The third kappa shape index (κ3) is 6.28. The summed E-state index contributed by atoms with van der Waals surface area (Å²) in [6.45, 7) is 2.00. The molecule has 0 spiro atoms. The highest BCUT2D eigenvalue weighted by atomic mass is 16.5. The second kappa shape index (κ2) is 11.2. The van der Waals surface area contributed by atoms with Crippen molar-refractivity contribution in [2.75, 3.05) is 19.0 Å². The van der Waals surface area contributed by atoms with E-state index in [4.69, 9.17) is 9.47 Å². The average Bonchev–Trinajstić information content (AvgIpc) is 2.74. The van der Waals surface area contributed by atoms with Crippen molar-refractivity contribution >= 4 is 17.6 Å². The maximum atomic E-state index is 12.3. The molecule has 1 aromatic heterocycles. The summed E-state index contributed by atoms with van der Waals surface area (Å²) in [5.41, 5.74) is 1.53. The van der Waals surface area contributed by atoms with Gasteiger partial charge in [-0.2, -0.15) is 0 Å². The van der Waals surface area contributed by atoms with E-state index in [9.17, 15) is 9.59 Å². The van der Waals surface area contributed by atoms with Crippen LogP contribution in [0.2, 0.25) is 0 Å². The molecule has 7 nitrogen and oxygen atoms in total. The number of carbonyl (C=O) groups excluding carboxylic acids is 2. The van der Waals surface area contributed by atoms with Crippen LogP contribution < -0.4 is 10.6 Å². The molecule has 0 saturated heterocycles. The minimum Gasteiger partial charge on any atom is -0.465 e. The molecule has 1 atom stereocenters. The highest BCUT2D eigenvalue weighted by Crippen LogP contribution is 2.16. The fourth-order valence-corrected chi connectivity index (χ4v) is 2.28. The monoisotopic (exact) mass is 381 g/mol. The number of nitrogens with one attached hydrogen (secondary N) is 2. The van der Waals surface area contributed by atoms with Gasteiger partial charge in [0.1, 0.15) is 11.6 Å². The third-order valence-corrected chi connectivity index (χ3v) is 3.64. The number of para-hydroxylation sites is 1. The number of hydrogen-bond donors (Lipinski definition) is 2. The number of nitrogens with zero attached hydrogens (tertiary/aromatic N) is 1. The number of aromatic nitrogens is 1. The Morgan fingerprint density at radius 2 is 1.89 bits per heavy atom. The first-order valence-corrected chi connectivity index (χ1v) is 8.76.